The van der Waals surface area contributed by atoms with Gasteiger partial charge in [-0.3, -0.25) is 4.79 Å². The molecule has 0 unspecified atom stereocenters. The van der Waals surface area contributed by atoms with Gasteiger partial charge in [-0.05, 0) is 35.1 Å². The second kappa shape index (κ2) is 11.0. The van der Waals surface area contributed by atoms with E-state index < -0.39 is 5.41 Å². The minimum atomic E-state index is -0.435. The standard InChI is InChI=1S/C26H29NO2S/c1-29-25(28)24(18-19-30-2)27-20-26(21-12-6-3-7-13-21,22-14-8-4-9-15-22)23-16-10-5-11-17-23/h3-17,24,27H,18-20H2,1-2H3/t24-/m1/s1. The van der Waals surface area contributed by atoms with E-state index in [-0.39, 0.29) is 12.0 Å². The Bertz CT molecular complexity index is 803. The van der Waals surface area contributed by atoms with Crippen molar-refractivity contribution in [2.24, 2.45) is 0 Å². The molecule has 0 bridgehead atoms. The van der Waals surface area contributed by atoms with Crippen LogP contribution in [0, 0.1) is 0 Å². The second-order valence-electron chi connectivity index (χ2n) is 7.24. The quantitative estimate of drug-likeness (QED) is 0.374. The fourth-order valence-electron chi connectivity index (χ4n) is 3.93. The molecule has 3 aromatic carbocycles. The average Bonchev–Trinajstić information content (AvgIpc) is 2.83. The molecule has 156 valence electrons. The molecule has 3 rings (SSSR count). The van der Waals surface area contributed by atoms with Crippen LogP contribution in [0.15, 0.2) is 91.0 Å². The number of benzene rings is 3. The molecular weight excluding hydrogens is 390 g/mol. The van der Waals surface area contributed by atoms with E-state index >= 15 is 0 Å². The smallest absolute Gasteiger partial charge is 0.322 e. The van der Waals surface area contributed by atoms with Crippen molar-refractivity contribution >= 4 is 17.7 Å². The van der Waals surface area contributed by atoms with E-state index in [0.717, 1.165) is 12.2 Å². The van der Waals surface area contributed by atoms with Crippen molar-refractivity contribution < 1.29 is 9.53 Å². The summed E-state index contributed by atoms with van der Waals surface area (Å²) < 4.78 is 5.08. The van der Waals surface area contributed by atoms with Crippen molar-refractivity contribution in [3.8, 4) is 0 Å². The van der Waals surface area contributed by atoms with Crippen LogP contribution in [0.5, 0.6) is 0 Å². The van der Waals surface area contributed by atoms with Crippen molar-refractivity contribution in [1.29, 1.82) is 0 Å². The molecule has 0 heterocycles. The Kier molecular flexibility index (Phi) is 8.12. The van der Waals surface area contributed by atoms with E-state index in [1.165, 1.54) is 23.8 Å². The second-order valence-corrected chi connectivity index (χ2v) is 8.23. The maximum Gasteiger partial charge on any atom is 0.322 e. The molecule has 0 saturated heterocycles. The van der Waals surface area contributed by atoms with Crippen molar-refractivity contribution in [3.05, 3.63) is 108 Å². The molecule has 0 amide bonds. The lowest BCUT2D eigenvalue weighted by atomic mass is 9.69. The lowest BCUT2D eigenvalue weighted by Gasteiger charge is -2.37. The summed E-state index contributed by atoms with van der Waals surface area (Å²) >= 11 is 1.73. The Labute approximate surface area is 183 Å². The van der Waals surface area contributed by atoms with Gasteiger partial charge in [-0.15, -0.1) is 0 Å². The molecule has 0 radical (unpaired) electrons. The number of carbonyl (C=O) groups excluding carboxylic acids is 1. The Morgan fingerprint density at radius 2 is 1.30 bits per heavy atom. The van der Waals surface area contributed by atoms with E-state index in [4.69, 9.17) is 4.74 Å². The highest BCUT2D eigenvalue weighted by Gasteiger charge is 2.37. The Morgan fingerprint density at radius 1 is 0.867 bits per heavy atom. The molecule has 4 heteroatoms. The predicted octanol–water partition coefficient (Wildman–Crippen LogP) is 4.91. The molecule has 3 aromatic rings. The highest BCUT2D eigenvalue weighted by atomic mass is 32.2. The van der Waals surface area contributed by atoms with E-state index in [0.29, 0.717) is 6.54 Å². The van der Waals surface area contributed by atoms with Crippen LogP contribution in [0.3, 0.4) is 0 Å². The van der Waals surface area contributed by atoms with Crippen LogP contribution in [-0.2, 0) is 14.9 Å². The van der Waals surface area contributed by atoms with E-state index in [9.17, 15) is 4.79 Å². The maximum atomic E-state index is 12.5. The number of nitrogens with one attached hydrogen (secondary N) is 1. The molecule has 0 aliphatic heterocycles. The van der Waals surface area contributed by atoms with Gasteiger partial charge in [0.25, 0.3) is 0 Å². The number of esters is 1. The van der Waals surface area contributed by atoms with Crippen molar-refractivity contribution in [2.45, 2.75) is 17.9 Å². The zero-order valence-corrected chi connectivity index (χ0v) is 18.4. The van der Waals surface area contributed by atoms with E-state index in [1.807, 2.05) is 18.2 Å². The topological polar surface area (TPSA) is 38.3 Å². The van der Waals surface area contributed by atoms with Gasteiger partial charge in [0.05, 0.1) is 12.5 Å². The van der Waals surface area contributed by atoms with Gasteiger partial charge in [0, 0.05) is 6.54 Å². The average molecular weight is 420 g/mol. The molecule has 0 aromatic heterocycles. The maximum absolute atomic E-state index is 12.5. The molecular formula is C26H29NO2S. The minimum Gasteiger partial charge on any atom is -0.468 e. The summed E-state index contributed by atoms with van der Waals surface area (Å²) in [5.41, 5.74) is 3.12. The van der Waals surface area contributed by atoms with Crippen LogP contribution in [-0.4, -0.2) is 37.7 Å². The molecule has 0 fully saturated rings. The number of methoxy groups -OCH3 is 1. The van der Waals surface area contributed by atoms with Crippen molar-refractivity contribution in [3.63, 3.8) is 0 Å². The van der Waals surface area contributed by atoms with Crippen LogP contribution in [0.2, 0.25) is 0 Å². The van der Waals surface area contributed by atoms with Crippen molar-refractivity contribution in [2.75, 3.05) is 25.7 Å². The number of ether oxygens (including phenoxy) is 1. The van der Waals surface area contributed by atoms with Gasteiger partial charge in [0.15, 0.2) is 0 Å². The largest absolute Gasteiger partial charge is 0.468 e. The fraction of sp³-hybridized carbons (Fsp3) is 0.269. The van der Waals surface area contributed by atoms with Crippen LogP contribution in [0.25, 0.3) is 0 Å². The first-order chi connectivity index (χ1) is 14.7. The van der Waals surface area contributed by atoms with Crippen molar-refractivity contribution in [1.82, 2.24) is 5.32 Å². The molecule has 0 saturated carbocycles. The first-order valence-corrected chi connectivity index (χ1v) is 11.6. The number of hydrogen-bond donors (Lipinski definition) is 1. The fourth-order valence-corrected chi connectivity index (χ4v) is 4.40. The van der Waals surface area contributed by atoms with Gasteiger partial charge in [0.2, 0.25) is 0 Å². The summed E-state index contributed by atoms with van der Waals surface area (Å²) in [7, 11) is 1.45. The summed E-state index contributed by atoms with van der Waals surface area (Å²) in [5.74, 6) is 0.675. The lowest BCUT2D eigenvalue weighted by molar-refractivity contribution is -0.143. The third-order valence-corrected chi connectivity index (χ3v) is 6.15. The highest BCUT2D eigenvalue weighted by Crippen LogP contribution is 2.38. The van der Waals surface area contributed by atoms with Gasteiger partial charge in [-0.2, -0.15) is 11.8 Å². The lowest BCUT2D eigenvalue weighted by Crippen LogP contribution is -2.47. The van der Waals surface area contributed by atoms with E-state index in [1.54, 1.807) is 11.8 Å². The Hall–Kier alpha value is -2.56. The molecule has 0 aliphatic rings. The molecule has 0 spiro atoms. The zero-order valence-electron chi connectivity index (χ0n) is 17.6. The van der Waals surface area contributed by atoms with Crippen LogP contribution in [0.1, 0.15) is 23.1 Å². The van der Waals surface area contributed by atoms with Gasteiger partial charge in [-0.1, -0.05) is 91.0 Å². The number of hydrogen-bond acceptors (Lipinski definition) is 4. The molecule has 30 heavy (non-hydrogen) atoms. The molecule has 1 atom stereocenters. The van der Waals surface area contributed by atoms with Gasteiger partial charge in [-0.25, -0.2) is 0 Å². The van der Waals surface area contributed by atoms with Crippen LogP contribution in [0.4, 0.5) is 0 Å². The minimum absolute atomic E-state index is 0.216. The Morgan fingerprint density at radius 3 is 1.67 bits per heavy atom. The monoisotopic (exact) mass is 419 g/mol. The highest BCUT2D eigenvalue weighted by molar-refractivity contribution is 7.98. The number of thioether (sulfide) groups is 1. The summed E-state index contributed by atoms with van der Waals surface area (Å²) in [6, 6.07) is 31.2. The summed E-state index contributed by atoms with van der Waals surface area (Å²) in [4.78, 5) is 12.5. The summed E-state index contributed by atoms with van der Waals surface area (Å²) in [5, 5.41) is 3.55. The van der Waals surface area contributed by atoms with E-state index in [2.05, 4.69) is 84.4 Å². The molecule has 0 aliphatic carbocycles. The SMILES string of the molecule is COC(=O)[C@@H](CCSC)NCC(c1ccccc1)(c1ccccc1)c1ccccc1. The first kappa shape index (κ1) is 22.1. The summed E-state index contributed by atoms with van der Waals surface area (Å²) in [6.07, 6.45) is 2.78. The zero-order chi connectivity index (χ0) is 21.2. The third kappa shape index (κ3) is 4.94. The molecule has 1 N–H and O–H groups in total. The first-order valence-electron chi connectivity index (χ1n) is 10.2. The predicted molar refractivity (Wildman–Crippen MR) is 126 cm³/mol. The number of rotatable bonds is 10. The van der Waals surface area contributed by atoms with Gasteiger partial charge in [0.1, 0.15) is 6.04 Å². The Balaban J connectivity index is 2.10. The van der Waals surface area contributed by atoms with Gasteiger partial charge >= 0.3 is 5.97 Å². The normalized spacial score (nSPS) is 12.3. The molecule has 3 nitrogen and oxygen atoms in total. The van der Waals surface area contributed by atoms with Gasteiger partial charge < -0.3 is 10.1 Å². The van der Waals surface area contributed by atoms with Crippen LogP contribution < -0.4 is 5.32 Å². The van der Waals surface area contributed by atoms with Crippen LogP contribution >= 0.6 is 11.8 Å². The third-order valence-electron chi connectivity index (χ3n) is 5.51. The summed E-state index contributed by atoms with van der Waals surface area (Å²) in [6.45, 7) is 0.583. The number of carbonyl (C=O) groups is 1.